The molecule has 2 heterocycles. The lowest BCUT2D eigenvalue weighted by atomic mass is 10.1. The van der Waals surface area contributed by atoms with Gasteiger partial charge < -0.3 is 24.8 Å². The fraction of sp³-hybridized carbons (Fsp3) is 0.444. The summed E-state index contributed by atoms with van der Waals surface area (Å²) < 4.78 is 5.40. The highest BCUT2D eigenvalue weighted by molar-refractivity contribution is 7.80. The van der Waals surface area contributed by atoms with Crippen LogP contribution in [0, 0.1) is 16.0 Å². The maximum atomic E-state index is 13.3. The Labute approximate surface area is 243 Å². The number of non-ortho nitro benzene ring substituents is 1. The Morgan fingerprint density at radius 1 is 1.02 bits per heavy atom. The third kappa shape index (κ3) is 7.38. The summed E-state index contributed by atoms with van der Waals surface area (Å²) in [6.07, 6.45) is 0.527. The number of nitrogens with zero attached hydrogens (tertiary/aromatic N) is 4. The normalized spacial score (nSPS) is 15.7. The Balaban J connectivity index is 1.47. The van der Waals surface area contributed by atoms with Crippen LogP contribution in [0.15, 0.2) is 36.4 Å². The van der Waals surface area contributed by atoms with E-state index in [4.69, 9.17) is 28.6 Å². The molecule has 2 aromatic carbocycles. The Morgan fingerprint density at radius 3 is 2.33 bits per heavy atom. The Bertz CT molecular complexity index is 1280. The first-order chi connectivity index (χ1) is 19.1. The summed E-state index contributed by atoms with van der Waals surface area (Å²) in [5.41, 5.74) is 1.97. The van der Waals surface area contributed by atoms with Crippen LogP contribution in [0.4, 0.5) is 22.7 Å². The molecular formula is C27H33ClN6O5S. The third-order valence-electron chi connectivity index (χ3n) is 6.78. The number of carbonyl (C=O) groups is 2. The molecule has 0 atom stereocenters. The smallest absolute Gasteiger partial charge is 0.270 e. The molecular weight excluding hydrogens is 556 g/mol. The first kappa shape index (κ1) is 29.5. The van der Waals surface area contributed by atoms with Crippen LogP contribution in [0.5, 0.6) is 0 Å². The van der Waals surface area contributed by atoms with Crippen LogP contribution < -0.4 is 20.4 Å². The number of rotatable bonds is 7. The molecule has 2 aliphatic rings. The van der Waals surface area contributed by atoms with Crippen molar-refractivity contribution >= 4 is 63.5 Å². The van der Waals surface area contributed by atoms with Crippen LogP contribution in [-0.4, -0.2) is 79.2 Å². The van der Waals surface area contributed by atoms with Crippen LogP contribution in [0.25, 0.3) is 0 Å². The number of ether oxygens (including phenoxy) is 1. The molecule has 13 heteroatoms. The van der Waals surface area contributed by atoms with Gasteiger partial charge in [-0.3, -0.25) is 25.0 Å². The topological polar surface area (TPSA) is 120 Å². The van der Waals surface area contributed by atoms with E-state index in [1.165, 1.54) is 12.1 Å². The molecule has 2 N–H and O–H groups in total. The number of morpholine rings is 1. The zero-order chi connectivity index (χ0) is 28.8. The van der Waals surface area contributed by atoms with Crippen molar-refractivity contribution in [2.45, 2.75) is 20.3 Å². The number of nitrogens with one attached hydrogen (secondary N) is 2. The van der Waals surface area contributed by atoms with E-state index in [1.807, 2.05) is 29.7 Å². The molecule has 0 radical (unpaired) electrons. The highest BCUT2D eigenvalue weighted by Gasteiger charge is 2.25. The second kappa shape index (κ2) is 13.2. The molecule has 2 amide bonds. The van der Waals surface area contributed by atoms with Gasteiger partial charge in [0.2, 0.25) is 5.91 Å². The van der Waals surface area contributed by atoms with E-state index < -0.39 is 10.8 Å². The number of benzene rings is 2. The van der Waals surface area contributed by atoms with E-state index in [0.29, 0.717) is 81.2 Å². The second-order valence-corrected chi connectivity index (χ2v) is 10.9. The molecule has 11 nitrogen and oxygen atoms in total. The second-order valence-electron chi connectivity index (χ2n) is 10.1. The number of halogens is 1. The van der Waals surface area contributed by atoms with Crippen molar-refractivity contribution in [1.82, 2.24) is 10.2 Å². The number of anilines is 3. The molecule has 2 aromatic rings. The minimum Gasteiger partial charge on any atom is -0.378 e. The van der Waals surface area contributed by atoms with Gasteiger partial charge in [0.15, 0.2) is 5.11 Å². The summed E-state index contributed by atoms with van der Waals surface area (Å²) >= 11 is 11.8. The predicted octanol–water partition coefficient (Wildman–Crippen LogP) is 3.91. The Morgan fingerprint density at radius 2 is 1.68 bits per heavy atom. The van der Waals surface area contributed by atoms with E-state index in [1.54, 1.807) is 18.2 Å². The van der Waals surface area contributed by atoms with Gasteiger partial charge in [0.1, 0.15) is 0 Å². The van der Waals surface area contributed by atoms with Gasteiger partial charge in [0.05, 0.1) is 40.8 Å². The molecule has 2 fully saturated rings. The van der Waals surface area contributed by atoms with E-state index >= 15 is 0 Å². The Hall–Kier alpha value is -3.48. The average Bonchev–Trinajstić information content (AvgIpc) is 2.93. The van der Waals surface area contributed by atoms with Crippen molar-refractivity contribution in [2.24, 2.45) is 5.92 Å². The van der Waals surface area contributed by atoms with Crippen molar-refractivity contribution < 1.29 is 19.2 Å². The molecule has 0 aromatic heterocycles. The SMILES string of the molecule is CC(C)CC(=O)N1CCN(c2ccc(Cl)cc2NC(=S)NC(=O)c2cc([N+](=O)[O-])ccc2N2CCOCC2)CC1. The molecule has 2 saturated heterocycles. The maximum Gasteiger partial charge on any atom is 0.270 e. The van der Waals surface area contributed by atoms with E-state index in [-0.39, 0.29) is 22.3 Å². The van der Waals surface area contributed by atoms with E-state index in [0.717, 1.165) is 5.69 Å². The number of thiocarbonyl (C=S) groups is 1. The van der Waals surface area contributed by atoms with Crippen molar-refractivity contribution in [3.63, 3.8) is 0 Å². The highest BCUT2D eigenvalue weighted by atomic mass is 35.5. The van der Waals surface area contributed by atoms with Gasteiger partial charge in [0, 0.05) is 62.8 Å². The number of piperazine rings is 1. The summed E-state index contributed by atoms with van der Waals surface area (Å²) in [6.45, 7) is 8.65. The molecule has 0 saturated carbocycles. The minimum atomic E-state index is -0.566. The average molecular weight is 589 g/mol. The van der Waals surface area contributed by atoms with E-state index in [9.17, 15) is 19.7 Å². The number of carbonyl (C=O) groups excluding carboxylic acids is 2. The molecule has 0 bridgehead atoms. The number of nitro groups is 1. The van der Waals surface area contributed by atoms with Crippen LogP contribution >= 0.6 is 23.8 Å². The lowest BCUT2D eigenvalue weighted by Gasteiger charge is -2.37. The molecule has 0 aliphatic carbocycles. The van der Waals surface area contributed by atoms with Gasteiger partial charge in [-0.05, 0) is 42.4 Å². The molecule has 4 rings (SSSR count). The first-order valence-electron chi connectivity index (χ1n) is 13.2. The fourth-order valence-corrected chi connectivity index (χ4v) is 5.16. The maximum absolute atomic E-state index is 13.3. The van der Waals surface area contributed by atoms with Gasteiger partial charge in [-0.1, -0.05) is 25.4 Å². The van der Waals surface area contributed by atoms with Gasteiger partial charge in [-0.25, -0.2) is 0 Å². The van der Waals surface area contributed by atoms with Crippen LogP contribution in [-0.2, 0) is 9.53 Å². The lowest BCUT2D eigenvalue weighted by Crippen LogP contribution is -2.49. The largest absolute Gasteiger partial charge is 0.378 e. The number of hydrogen-bond acceptors (Lipinski definition) is 8. The van der Waals surface area contributed by atoms with Crippen molar-refractivity contribution in [2.75, 3.05) is 67.6 Å². The summed E-state index contributed by atoms with van der Waals surface area (Å²) in [7, 11) is 0. The van der Waals surface area contributed by atoms with Gasteiger partial charge >= 0.3 is 0 Å². The molecule has 40 heavy (non-hydrogen) atoms. The zero-order valence-electron chi connectivity index (χ0n) is 22.5. The highest BCUT2D eigenvalue weighted by Crippen LogP contribution is 2.31. The van der Waals surface area contributed by atoms with Crippen molar-refractivity contribution in [1.29, 1.82) is 0 Å². The van der Waals surface area contributed by atoms with Crippen LogP contribution in [0.1, 0.15) is 30.6 Å². The van der Waals surface area contributed by atoms with Gasteiger partial charge in [0.25, 0.3) is 11.6 Å². The quantitative estimate of drug-likeness (QED) is 0.282. The molecule has 2 aliphatic heterocycles. The molecule has 214 valence electrons. The summed E-state index contributed by atoms with van der Waals surface area (Å²) in [5.74, 6) is -0.102. The predicted molar refractivity (Wildman–Crippen MR) is 160 cm³/mol. The van der Waals surface area contributed by atoms with Gasteiger partial charge in [-0.15, -0.1) is 0 Å². The lowest BCUT2D eigenvalue weighted by molar-refractivity contribution is -0.384. The summed E-state index contributed by atoms with van der Waals surface area (Å²) in [6, 6.07) is 9.59. The third-order valence-corrected chi connectivity index (χ3v) is 7.22. The minimum absolute atomic E-state index is 0.0266. The number of hydrogen-bond donors (Lipinski definition) is 2. The van der Waals surface area contributed by atoms with Crippen LogP contribution in [0.2, 0.25) is 5.02 Å². The van der Waals surface area contributed by atoms with Gasteiger partial charge in [-0.2, -0.15) is 0 Å². The van der Waals surface area contributed by atoms with Crippen LogP contribution in [0.3, 0.4) is 0 Å². The molecule has 0 spiro atoms. The first-order valence-corrected chi connectivity index (χ1v) is 14.0. The number of nitro benzene ring substituents is 1. The van der Waals surface area contributed by atoms with Crippen molar-refractivity contribution in [3.05, 3.63) is 57.1 Å². The van der Waals surface area contributed by atoms with Crippen molar-refractivity contribution in [3.8, 4) is 0 Å². The zero-order valence-corrected chi connectivity index (χ0v) is 24.1. The Kier molecular flexibility index (Phi) is 9.77. The monoisotopic (exact) mass is 588 g/mol. The fourth-order valence-electron chi connectivity index (χ4n) is 4.78. The number of amides is 2. The van der Waals surface area contributed by atoms with E-state index in [2.05, 4.69) is 15.5 Å². The molecule has 0 unspecified atom stereocenters. The summed E-state index contributed by atoms with van der Waals surface area (Å²) in [5, 5.41) is 17.7. The standard InChI is InChI=1S/C27H33ClN6O5S/c1-18(2)15-25(35)33-9-7-31(8-10-33)24-5-3-19(28)16-22(24)29-27(40)30-26(36)21-17-20(34(37)38)4-6-23(21)32-11-13-39-14-12-32/h3-6,16-18H,7-15H2,1-2H3,(H2,29,30,36,40). The summed E-state index contributed by atoms with van der Waals surface area (Å²) in [4.78, 5) is 42.7.